The first-order valence-electron chi connectivity index (χ1n) is 16.6. The zero-order valence-electron chi connectivity index (χ0n) is 28.6. The second kappa shape index (κ2) is 13.2. The fourth-order valence-electron chi connectivity index (χ4n) is 6.02. The molecule has 3 heterocycles. The Morgan fingerprint density at radius 1 is 0.917 bits per heavy atom. The first kappa shape index (κ1) is 33.5. The monoisotopic (exact) mass is 668 g/mol. The lowest BCUT2D eigenvalue weighted by molar-refractivity contribution is 0.0240. The van der Waals surface area contributed by atoms with E-state index in [0.717, 1.165) is 39.9 Å². The van der Waals surface area contributed by atoms with Gasteiger partial charge in [0.05, 0.1) is 5.52 Å². The van der Waals surface area contributed by atoms with Crippen LogP contribution in [0, 0.1) is 0 Å². The molecule has 0 atom stereocenters. The molecule has 2 amide bonds. The van der Waals surface area contributed by atoms with Gasteiger partial charge in [-0.15, -0.1) is 11.3 Å². The van der Waals surface area contributed by atoms with Crippen LogP contribution in [-0.2, 0) is 15.9 Å². The molecule has 48 heavy (non-hydrogen) atoms. The number of ether oxygens (including phenoxy) is 2. The van der Waals surface area contributed by atoms with Crippen LogP contribution in [0.25, 0.3) is 21.3 Å². The van der Waals surface area contributed by atoms with E-state index in [2.05, 4.69) is 16.3 Å². The van der Waals surface area contributed by atoms with E-state index in [1.165, 1.54) is 5.56 Å². The molecule has 2 aromatic carbocycles. The summed E-state index contributed by atoms with van der Waals surface area (Å²) in [6.07, 6.45) is 3.16. The molecule has 0 bridgehead atoms. The number of hydrogen-bond donors (Lipinski definition) is 1. The SMILES string of the molecule is CC(C)(C)OC(=O)Nc1ccc(-c2cccs2)cc1CC(=O)c1cnc2c(C3CC3)c(N3CCN(C(=O)OC(C)(C)C)CC3)ccc2c1. The molecule has 1 N–H and O–H groups in total. The molecule has 1 aliphatic heterocycles. The molecule has 2 aliphatic rings. The molecule has 252 valence electrons. The number of carbonyl (C=O) groups excluding carboxylic acids is 3. The lowest BCUT2D eigenvalue weighted by atomic mass is 9.97. The highest BCUT2D eigenvalue weighted by Gasteiger charge is 2.33. The smallest absolute Gasteiger partial charge is 0.412 e. The number of thiophene rings is 1. The van der Waals surface area contributed by atoms with Crippen LogP contribution in [-0.4, -0.2) is 65.2 Å². The van der Waals surface area contributed by atoms with Gasteiger partial charge >= 0.3 is 12.2 Å². The Morgan fingerprint density at radius 2 is 1.65 bits per heavy atom. The predicted octanol–water partition coefficient (Wildman–Crippen LogP) is 8.67. The summed E-state index contributed by atoms with van der Waals surface area (Å²) >= 11 is 1.62. The first-order valence-corrected chi connectivity index (χ1v) is 17.5. The fraction of sp³-hybridized carbons (Fsp3) is 0.421. The van der Waals surface area contributed by atoms with E-state index in [1.54, 1.807) is 22.4 Å². The molecular weight excluding hydrogens is 625 g/mol. The van der Waals surface area contributed by atoms with Gasteiger partial charge in [0.15, 0.2) is 5.78 Å². The van der Waals surface area contributed by atoms with Crippen LogP contribution >= 0.6 is 11.3 Å². The topological polar surface area (TPSA) is 101 Å². The van der Waals surface area contributed by atoms with Gasteiger partial charge in [-0.2, -0.15) is 0 Å². The molecule has 0 radical (unpaired) electrons. The maximum atomic E-state index is 13.8. The summed E-state index contributed by atoms with van der Waals surface area (Å²) in [5.41, 5.74) is 4.88. The fourth-order valence-corrected chi connectivity index (χ4v) is 6.74. The highest BCUT2D eigenvalue weighted by molar-refractivity contribution is 7.13. The van der Waals surface area contributed by atoms with Gasteiger partial charge in [-0.3, -0.25) is 15.1 Å². The van der Waals surface area contributed by atoms with E-state index in [-0.39, 0.29) is 18.3 Å². The molecule has 1 saturated heterocycles. The van der Waals surface area contributed by atoms with Crippen LogP contribution in [0.4, 0.5) is 21.0 Å². The largest absolute Gasteiger partial charge is 0.444 e. The van der Waals surface area contributed by atoms with Crippen molar-refractivity contribution in [2.75, 3.05) is 36.4 Å². The molecule has 0 spiro atoms. The van der Waals surface area contributed by atoms with Gasteiger partial charge in [-0.1, -0.05) is 18.2 Å². The zero-order chi connectivity index (χ0) is 34.2. The molecular formula is C38H44N4O5S. The van der Waals surface area contributed by atoms with E-state index in [4.69, 9.17) is 14.5 Å². The van der Waals surface area contributed by atoms with E-state index >= 15 is 0 Å². The highest BCUT2D eigenvalue weighted by atomic mass is 32.1. The number of carbonyl (C=O) groups is 3. The Morgan fingerprint density at radius 3 is 2.29 bits per heavy atom. The number of nitrogens with zero attached hydrogens (tertiary/aromatic N) is 3. The average Bonchev–Trinajstić information content (AvgIpc) is 3.71. The third-order valence-corrected chi connectivity index (χ3v) is 9.27. The van der Waals surface area contributed by atoms with Gasteiger partial charge in [0.25, 0.3) is 0 Å². The maximum Gasteiger partial charge on any atom is 0.412 e. The van der Waals surface area contributed by atoms with Gasteiger partial charge in [-0.25, -0.2) is 9.59 Å². The van der Waals surface area contributed by atoms with Crippen LogP contribution in [0.15, 0.2) is 60.1 Å². The van der Waals surface area contributed by atoms with E-state index < -0.39 is 17.3 Å². The molecule has 2 fully saturated rings. The third kappa shape index (κ3) is 7.98. The number of amides is 2. The molecule has 10 heteroatoms. The summed E-state index contributed by atoms with van der Waals surface area (Å²) in [6, 6.07) is 15.9. The van der Waals surface area contributed by atoms with Gasteiger partial charge in [0.2, 0.25) is 0 Å². The van der Waals surface area contributed by atoms with Gasteiger partial charge < -0.3 is 19.3 Å². The maximum absolute atomic E-state index is 13.8. The summed E-state index contributed by atoms with van der Waals surface area (Å²) in [7, 11) is 0. The van der Waals surface area contributed by atoms with Crippen molar-refractivity contribution < 1.29 is 23.9 Å². The predicted molar refractivity (Wildman–Crippen MR) is 191 cm³/mol. The van der Waals surface area contributed by atoms with Crippen molar-refractivity contribution in [3.8, 4) is 10.4 Å². The molecule has 1 aliphatic carbocycles. The lowest BCUT2D eigenvalue weighted by Crippen LogP contribution is -2.50. The number of ketones is 1. The second-order valence-electron chi connectivity index (χ2n) is 14.6. The Labute approximate surface area is 286 Å². The Bertz CT molecular complexity index is 1830. The van der Waals surface area contributed by atoms with Crippen LogP contribution in [0.3, 0.4) is 0 Å². The van der Waals surface area contributed by atoms with Gasteiger partial charge in [-0.05, 0) is 107 Å². The van der Waals surface area contributed by atoms with Gasteiger partial charge in [0, 0.05) is 71.6 Å². The molecule has 0 unspecified atom stereocenters. The van der Waals surface area contributed by atoms with Crippen LogP contribution in [0.5, 0.6) is 0 Å². The number of nitrogens with one attached hydrogen (secondary N) is 1. The second-order valence-corrected chi connectivity index (χ2v) is 15.5. The minimum atomic E-state index is -0.651. The van der Waals surface area contributed by atoms with Crippen molar-refractivity contribution in [3.05, 3.63) is 76.8 Å². The van der Waals surface area contributed by atoms with Crippen LogP contribution in [0.2, 0.25) is 0 Å². The molecule has 4 aromatic rings. The number of hydrogen-bond acceptors (Lipinski definition) is 8. The highest BCUT2D eigenvalue weighted by Crippen LogP contribution is 2.47. The normalized spacial score (nSPS) is 15.4. The van der Waals surface area contributed by atoms with E-state index in [0.29, 0.717) is 48.9 Å². The Balaban J connectivity index is 1.23. The van der Waals surface area contributed by atoms with Crippen molar-refractivity contribution in [2.45, 2.75) is 77.9 Å². The van der Waals surface area contributed by atoms with Crippen molar-refractivity contribution >= 4 is 51.6 Å². The van der Waals surface area contributed by atoms with Crippen molar-refractivity contribution in [1.29, 1.82) is 0 Å². The summed E-state index contributed by atoms with van der Waals surface area (Å²) < 4.78 is 11.1. The number of piperazine rings is 1. The Hall–Kier alpha value is -4.44. The van der Waals surface area contributed by atoms with E-state index in [9.17, 15) is 14.4 Å². The van der Waals surface area contributed by atoms with E-state index in [1.807, 2.05) is 89.4 Å². The van der Waals surface area contributed by atoms with Crippen LogP contribution < -0.4 is 10.2 Å². The number of aromatic nitrogens is 1. The van der Waals surface area contributed by atoms with Crippen LogP contribution in [0.1, 0.15) is 81.8 Å². The number of rotatable bonds is 7. The van der Waals surface area contributed by atoms with Crippen molar-refractivity contribution in [1.82, 2.24) is 9.88 Å². The molecule has 9 nitrogen and oxygen atoms in total. The summed E-state index contributed by atoms with van der Waals surface area (Å²) in [4.78, 5) is 49.2. The lowest BCUT2D eigenvalue weighted by Gasteiger charge is -2.37. The number of anilines is 2. The summed E-state index contributed by atoms with van der Waals surface area (Å²) in [5.74, 6) is 0.346. The third-order valence-electron chi connectivity index (χ3n) is 8.35. The summed E-state index contributed by atoms with van der Waals surface area (Å²) in [5, 5.41) is 5.79. The standard InChI is InChI=1S/C38H44N4O5S/c1-37(2,3)46-35(44)40-29-13-11-25(32-8-7-19-48-32)20-27(29)22-31(43)28-21-26-12-14-30(33(24-9-10-24)34(26)39-23-28)41-15-17-42(18-16-41)36(45)47-38(4,5)6/h7-8,11-14,19-21,23-24H,9-10,15-18,22H2,1-6H3,(H,40,44). The molecule has 6 rings (SSSR count). The average molecular weight is 669 g/mol. The Kier molecular flexibility index (Phi) is 9.22. The van der Waals surface area contributed by atoms with Crippen molar-refractivity contribution in [2.24, 2.45) is 0 Å². The minimum absolute atomic E-state index is 0.0877. The number of benzene rings is 2. The quantitative estimate of drug-likeness (QED) is 0.197. The zero-order valence-corrected chi connectivity index (χ0v) is 29.4. The van der Waals surface area contributed by atoms with Crippen molar-refractivity contribution in [3.63, 3.8) is 0 Å². The number of pyridine rings is 1. The minimum Gasteiger partial charge on any atom is -0.444 e. The molecule has 1 saturated carbocycles. The molecule has 2 aromatic heterocycles. The number of fused-ring (bicyclic) bond motifs is 1. The first-order chi connectivity index (χ1) is 22.7. The number of Topliss-reactive ketones (excluding diaryl/α,β-unsaturated/α-hetero) is 1. The summed E-state index contributed by atoms with van der Waals surface area (Å²) in [6.45, 7) is 13.7. The van der Waals surface area contributed by atoms with Gasteiger partial charge in [0.1, 0.15) is 11.2 Å².